The van der Waals surface area contributed by atoms with E-state index in [4.69, 9.17) is 0 Å². The summed E-state index contributed by atoms with van der Waals surface area (Å²) in [5, 5.41) is 13.1. The van der Waals surface area contributed by atoms with Gasteiger partial charge in [0.1, 0.15) is 0 Å². The molecular formula is C25H37NO3. The molecule has 1 aromatic rings. The fourth-order valence-corrected chi connectivity index (χ4v) is 5.59. The van der Waals surface area contributed by atoms with Crippen LogP contribution in [0.1, 0.15) is 83.1 Å². The molecule has 3 rings (SSSR count). The van der Waals surface area contributed by atoms with Gasteiger partial charge in [0.25, 0.3) is 0 Å². The van der Waals surface area contributed by atoms with Crippen LogP contribution in [-0.4, -0.2) is 23.0 Å². The van der Waals surface area contributed by atoms with Crippen LogP contribution in [0, 0.1) is 17.3 Å². The molecule has 4 heteroatoms. The SMILES string of the molecule is CCCC(CC1(C(=O)N[C@@H]2CCCC[C@@H]2Cc2ccccc2)CCCC1)C(=O)O. The first-order valence-electron chi connectivity index (χ1n) is 11.6. The summed E-state index contributed by atoms with van der Waals surface area (Å²) in [5.41, 5.74) is 0.857. The molecule has 0 saturated heterocycles. The molecule has 3 atom stereocenters. The Bertz CT molecular complexity index is 666. The summed E-state index contributed by atoms with van der Waals surface area (Å²) in [7, 11) is 0. The van der Waals surface area contributed by atoms with Gasteiger partial charge in [0, 0.05) is 6.04 Å². The molecule has 1 unspecified atom stereocenters. The third-order valence-corrected chi connectivity index (χ3v) is 7.23. The normalized spacial score (nSPS) is 24.7. The van der Waals surface area contributed by atoms with Crippen LogP contribution in [0.2, 0.25) is 0 Å². The second-order valence-electron chi connectivity index (χ2n) is 9.33. The summed E-state index contributed by atoms with van der Waals surface area (Å²) in [5.74, 6) is -0.553. The van der Waals surface area contributed by atoms with Gasteiger partial charge in [0.15, 0.2) is 0 Å². The van der Waals surface area contributed by atoms with Crippen LogP contribution >= 0.6 is 0 Å². The van der Waals surface area contributed by atoms with Gasteiger partial charge < -0.3 is 10.4 Å². The highest BCUT2D eigenvalue weighted by Crippen LogP contribution is 2.45. The van der Waals surface area contributed by atoms with E-state index in [0.29, 0.717) is 18.8 Å². The Balaban J connectivity index is 1.69. The largest absolute Gasteiger partial charge is 0.481 e. The van der Waals surface area contributed by atoms with Crippen molar-refractivity contribution in [2.24, 2.45) is 17.3 Å². The first kappa shape index (κ1) is 21.9. The average Bonchev–Trinajstić information content (AvgIpc) is 3.20. The van der Waals surface area contributed by atoms with E-state index in [9.17, 15) is 14.7 Å². The van der Waals surface area contributed by atoms with Crippen molar-refractivity contribution in [3.8, 4) is 0 Å². The second-order valence-corrected chi connectivity index (χ2v) is 9.33. The van der Waals surface area contributed by atoms with Crippen LogP contribution in [0.4, 0.5) is 0 Å². The summed E-state index contributed by atoms with van der Waals surface area (Å²) >= 11 is 0. The molecule has 2 saturated carbocycles. The highest BCUT2D eigenvalue weighted by Gasteiger charge is 2.45. The van der Waals surface area contributed by atoms with Crippen molar-refractivity contribution >= 4 is 11.9 Å². The first-order valence-corrected chi connectivity index (χ1v) is 11.6. The Labute approximate surface area is 175 Å². The van der Waals surface area contributed by atoms with Crippen molar-refractivity contribution in [2.45, 2.75) is 90.0 Å². The number of amides is 1. The van der Waals surface area contributed by atoms with E-state index in [1.165, 1.54) is 12.0 Å². The number of benzene rings is 1. The fraction of sp³-hybridized carbons (Fsp3) is 0.680. The maximum atomic E-state index is 13.5. The lowest BCUT2D eigenvalue weighted by molar-refractivity contribution is -0.144. The standard InChI is InChI=1S/C25H37NO3/c1-2-10-21(23(27)28)18-25(15-8-9-16-25)24(29)26-22-14-7-6-13-20(22)17-19-11-4-3-5-12-19/h3-5,11-12,20-22H,2,6-10,13-18H2,1H3,(H,26,29)(H,27,28)/t20-,21?,22-/m1/s1. The van der Waals surface area contributed by atoms with E-state index in [1.54, 1.807) is 0 Å². The zero-order valence-corrected chi connectivity index (χ0v) is 17.9. The average molecular weight is 400 g/mol. The molecule has 160 valence electrons. The van der Waals surface area contributed by atoms with Gasteiger partial charge in [0.05, 0.1) is 11.3 Å². The van der Waals surface area contributed by atoms with Gasteiger partial charge in [0.2, 0.25) is 5.91 Å². The summed E-state index contributed by atoms with van der Waals surface area (Å²) < 4.78 is 0. The quantitative estimate of drug-likeness (QED) is 0.588. The highest BCUT2D eigenvalue weighted by molar-refractivity contribution is 5.84. The van der Waals surface area contributed by atoms with Crippen LogP contribution in [0.15, 0.2) is 30.3 Å². The first-order chi connectivity index (χ1) is 14.0. The van der Waals surface area contributed by atoms with Gasteiger partial charge in [-0.3, -0.25) is 9.59 Å². The molecule has 0 radical (unpaired) electrons. The Morgan fingerprint density at radius 2 is 1.79 bits per heavy atom. The molecule has 1 aromatic carbocycles. The van der Waals surface area contributed by atoms with Crippen LogP contribution in [-0.2, 0) is 16.0 Å². The molecule has 29 heavy (non-hydrogen) atoms. The molecule has 2 N–H and O–H groups in total. The number of rotatable bonds is 9. The van der Waals surface area contributed by atoms with E-state index in [-0.39, 0.29) is 11.9 Å². The van der Waals surface area contributed by atoms with Gasteiger partial charge in [-0.05, 0) is 56.4 Å². The Morgan fingerprint density at radius 3 is 2.45 bits per heavy atom. The number of hydrogen-bond acceptors (Lipinski definition) is 2. The minimum atomic E-state index is -0.745. The minimum absolute atomic E-state index is 0.127. The van der Waals surface area contributed by atoms with Gasteiger partial charge in [-0.15, -0.1) is 0 Å². The van der Waals surface area contributed by atoms with Crippen LogP contribution < -0.4 is 5.32 Å². The van der Waals surface area contributed by atoms with E-state index >= 15 is 0 Å². The predicted molar refractivity (Wildman–Crippen MR) is 116 cm³/mol. The molecule has 0 bridgehead atoms. The molecule has 1 amide bonds. The van der Waals surface area contributed by atoms with E-state index in [0.717, 1.165) is 57.8 Å². The van der Waals surface area contributed by atoms with Crippen molar-refractivity contribution in [1.29, 1.82) is 0 Å². The van der Waals surface area contributed by atoms with E-state index in [2.05, 4.69) is 29.6 Å². The smallest absolute Gasteiger partial charge is 0.306 e. The fourth-order valence-electron chi connectivity index (χ4n) is 5.59. The van der Waals surface area contributed by atoms with Crippen molar-refractivity contribution in [3.05, 3.63) is 35.9 Å². The van der Waals surface area contributed by atoms with Crippen molar-refractivity contribution in [2.75, 3.05) is 0 Å². The van der Waals surface area contributed by atoms with Gasteiger partial charge >= 0.3 is 5.97 Å². The number of hydrogen-bond donors (Lipinski definition) is 2. The van der Waals surface area contributed by atoms with Crippen LogP contribution in [0.5, 0.6) is 0 Å². The topological polar surface area (TPSA) is 66.4 Å². The molecule has 0 heterocycles. The second kappa shape index (κ2) is 10.3. The molecule has 2 fully saturated rings. The number of carboxylic acid groups (broad SMARTS) is 1. The molecule has 0 aliphatic heterocycles. The summed E-state index contributed by atoms with van der Waals surface area (Å²) in [6.45, 7) is 2.02. The number of nitrogens with one attached hydrogen (secondary N) is 1. The molecular weight excluding hydrogens is 362 g/mol. The predicted octanol–water partition coefficient (Wildman–Crippen LogP) is 5.36. The number of aliphatic carboxylic acids is 1. The lowest BCUT2D eigenvalue weighted by atomic mass is 9.74. The monoisotopic (exact) mass is 399 g/mol. The Morgan fingerprint density at radius 1 is 1.10 bits per heavy atom. The summed E-state index contributed by atoms with van der Waals surface area (Å²) in [4.78, 5) is 25.2. The van der Waals surface area contributed by atoms with Crippen molar-refractivity contribution in [3.63, 3.8) is 0 Å². The van der Waals surface area contributed by atoms with Crippen LogP contribution in [0.3, 0.4) is 0 Å². The number of carbonyl (C=O) groups is 2. The summed E-state index contributed by atoms with van der Waals surface area (Å²) in [6.07, 6.45) is 11.3. The van der Waals surface area contributed by atoms with Crippen molar-refractivity contribution < 1.29 is 14.7 Å². The third kappa shape index (κ3) is 5.61. The van der Waals surface area contributed by atoms with Gasteiger partial charge in [-0.25, -0.2) is 0 Å². The zero-order valence-electron chi connectivity index (χ0n) is 17.9. The maximum absolute atomic E-state index is 13.5. The minimum Gasteiger partial charge on any atom is -0.481 e. The van der Waals surface area contributed by atoms with E-state index in [1.807, 2.05) is 13.0 Å². The zero-order chi connectivity index (χ0) is 20.7. The van der Waals surface area contributed by atoms with E-state index < -0.39 is 17.3 Å². The lowest BCUT2D eigenvalue weighted by Crippen LogP contribution is -2.49. The molecule has 2 aliphatic carbocycles. The summed E-state index contributed by atoms with van der Waals surface area (Å²) in [6, 6.07) is 10.8. The van der Waals surface area contributed by atoms with Crippen molar-refractivity contribution in [1.82, 2.24) is 5.32 Å². The van der Waals surface area contributed by atoms with Gasteiger partial charge in [-0.2, -0.15) is 0 Å². The number of carboxylic acids is 1. The van der Waals surface area contributed by atoms with Gasteiger partial charge in [-0.1, -0.05) is 69.4 Å². The number of carbonyl (C=O) groups excluding carboxylic acids is 1. The molecule has 0 aromatic heterocycles. The maximum Gasteiger partial charge on any atom is 0.306 e. The Kier molecular flexibility index (Phi) is 7.74. The molecule has 2 aliphatic rings. The molecule has 0 spiro atoms. The molecule has 4 nitrogen and oxygen atoms in total. The lowest BCUT2D eigenvalue weighted by Gasteiger charge is -2.37. The highest BCUT2D eigenvalue weighted by atomic mass is 16.4. The Hall–Kier alpha value is -1.84. The van der Waals surface area contributed by atoms with Crippen LogP contribution in [0.25, 0.3) is 0 Å². The third-order valence-electron chi connectivity index (χ3n) is 7.23.